The normalized spacial score (nSPS) is 16.0. The molecule has 1 N–H and O–H groups in total. The Labute approximate surface area is 110 Å². The quantitative estimate of drug-likeness (QED) is 0.896. The largest absolute Gasteiger partial charge is 0.481 e. The van der Waals surface area contributed by atoms with Gasteiger partial charge in [-0.3, -0.25) is 4.79 Å². The van der Waals surface area contributed by atoms with Crippen molar-refractivity contribution in [3.8, 4) is 5.75 Å². The van der Waals surface area contributed by atoms with Gasteiger partial charge in [-0.15, -0.1) is 0 Å². The molecular weight excluding hydrogens is 254 g/mol. The fourth-order valence-corrected chi connectivity index (χ4v) is 1.91. The molecule has 19 heavy (non-hydrogen) atoms. The van der Waals surface area contributed by atoms with Crippen LogP contribution in [0.4, 0.5) is 8.78 Å². The summed E-state index contributed by atoms with van der Waals surface area (Å²) in [6, 6.07) is 2.92. The SMILES string of the molecule is O=C(COc1cc(F)ccc1F)N1CCCNCC1. The minimum absolute atomic E-state index is 0.215. The Bertz CT molecular complexity index is 446. The summed E-state index contributed by atoms with van der Waals surface area (Å²) in [5.41, 5.74) is 0. The summed E-state index contributed by atoms with van der Waals surface area (Å²) in [5, 5.41) is 3.18. The summed E-state index contributed by atoms with van der Waals surface area (Å²) in [6.45, 7) is 2.60. The zero-order valence-corrected chi connectivity index (χ0v) is 10.5. The number of hydrogen-bond donors (Lipinski definition) is 1. The number of amides is 1. The molecule has 0 saturated carbocycles. The first-order chi connectivity index (χ1) is 9.16. The number of ether oxygens (including phenoxy) is 1. The molecule has 0 bridgehead atoms. The van der Waals surface area contributed by atoms with Gasteiger partial charge in [-0.1, -0.05) is 0 Å². The van der Waals surface area contributed by atoms with Crippen molar-refractivity contribution >= 4 is 5.91 Å². The van der Waals surface area contributed by atoms with E-state index in [0.29, 0.717) is 13.1 Å². The Hall–Kier alpha value is -1.69. The third-order valence-electron chi connectivity index (χ3n) is 2.94. The Morgan fingerprint density at radius 3 is 3.00 bits per heavy atom. The van der Waals surface area contributed by atoms with Gasteiger partial charge in [0.2, 0.25) is 0 Å². The minimum atomic E-state index is -0.674. The number of hydrogen-bond acceptors (Lipinski definition) is 3. The molecule has 1 aliphatic heterocycles. The van der Waals surface area contributed by atoms with Crippen LogP contribution in [0, 0.1) is 11.6 Å². The summed E-state index contributed by atoms with van der Waals surface area (Å²) in [7, 11) is 0. The van der Waals surface area contributed by atoms with E-state index < -0.39 is 11.6 Å². The van der Waals surface area contributed by atoms with Crippen molar-refractivity contribution in [1.82, 2.24) is 10.2 Å². The predicted octanol–water partition coefficient (Wildman–Crippen LogP) is 1.17. The van der Waals surface area contributed by atoms with E-state index in [1.807, 2.05) is 0 Å². The van der Waals surface area contributed by atoms with Crippen LogP contribution in [0.3, 0.4) is 0 Å². The molecular formula is C13H16F2N2O2. The van der Waals surface area contributed by atoms with Crippen molar-refractivity contribution < 1.29 is 18.3 Å². The number of halogens is 2. The number of carbonyl (C=O) groups excluding carboxylic acids is 1. The Kier molecular flexibility index (Phi) is 4.68. The van der Waals surface area contributed by atoms with Gasteiger partial charge in [-0.05, 0) is 25.1 Å². The topological polar surface area (TPSA) is 41.6 Å². The number of rotatable bonds is 3. The van der Waals surface area contributed by atoms with Crippen LogP contribution in [-0.2, 0) is 4.79 Å². The minimum Gasteiger partial charge on any atom is -0.481 e. The van der Waals surface area contributed by atoms with Gasteiger partial charge in [0.1, 0.15) is 5.82 Å². The second-order valence-electron chi connectivity index (χ2n) is 4.35. The molecule has 0 unspecified atom stereocenters. The van der Waals surface area contributed by atoms with Gasteiger partial charge < -0.3 is 15.0 Å². The highest BCUT2D eigenvalue weighted by Gasteiger charge is 2.16. The van der Waals surface area contributed by atoms with E-state index >= 15 is 0 Å². The van der Waals surface area contributed by atoms with E-state index in [2.05, 4.69) is 5.32 Å². The molecule has 0 aliphatic carbocycles. The summed E-state index contributed by atoms with van der Waals surface area (Å²) < 4.78 is 31.3. The number of nitrogens with zero attached hydrogens (tertiary/aromatic N) is 1. The first-order valence-corrected chi connectivity index (χ1v) is 6.23. The molecule has 1 heterocycles. The predicted molar refractivity (Wildman–Crippen MR) is 65.9 cm³/mol. The van der Waals surface area contributed by atoms with Crippen molar-refractivity contribution in [3.63, 3.8) is 0 Å². The van der Waals surface area contributed by atoms with Crippen LogP contribution in [0.25, 0.3) is 0 Å². The molecule has 1 saturated heterocycles. The maximum Gasteiger partial charge on any atom is 0.260 e. The molecule has 1 aromatic carbocycles. The Morgan fingerprint density at radius 1 is 1.32 bits per heavy atom. The third-order valence-corrected chi connectivity index (χ3v) is 2.94. The highest BCUT2D eigenvalue weighted by atomic mass is 19.1. The smallest absolute Gasteiger partial charge is 0.260 e. The van der Waals surface area contributed by atoms with Crippen LogP contribution in [0.5, 0.6) is 5.75 Å². The molecule has 4 nitrogen and oxygen atoms in total. The van der Waals surface area contributed by atoms with Crippen LogP contribution in [0.1, 0.15) is 6.42 Å². The van der Waals surface area contributed by atoms with Crippen molar-refractivity contribution in [2.45, 2.75) is 6.42 Å². The van der Waals surface area contributed by atoms with Gasteiger partial charge in [0.05, 0.1) is 0 Å². The van der Waals surface area contributed by atoms with Crippen LogP contribution < -0.4 is 10.1 Å². The Balaban J connectivity index is 1.90. The maximum absolute atomic E-state index is 13.3. The van der Waals surface area contributed by atoms with Gasteiger partial charge in [0, 0.05) is 25.7 Å². The zero-order valence-electron chi connectivity index (χ0n) is 10.5. The molecule has 0 aromatic heterocycles. The first-order valence-electron chi connectivity index (χ1n) is 6.23. The van der Waals surface area contributed by atoms with Crippen molar-refractivity contribution in [2.24, 2.45) is 0 Å². The van der Waals surface area contributed by atoms with Gasteiger partial charge in [0.15, 0.2) is 18.2 Å². The van der Waals surface area contributed by atoms with Gasteiger partial charge in [0.25, 0.3) is 5.91 Å². The standard InChI is InChI=1S/C13H16F2N2O2/c14-10-2-3-11(15)12(8-10)19-9-13(18)17-6-1-4-16-5-7-17/h2-3,8,16H,1,4-7,9H2. The molecule has 104 valence electrons. The lowest BCUT2D eigenvalue weighted by Crippen LogP contribution is -2.37. The molecule has 0 radical (unpaired) electrons. The number of benzene rings is 1. The van der Waals surface area contributed by atoms with Crippen molar-refractivity contribution in [3.05, 3.63) is 29.8 Å². The fourth-order valence-electron chi connectivity index (χ4n) is 1.91. The molecule has 1 aromatic rings. The average Bonchev–Trinajstić information content (AvgIpc) is 2.68. The molecule has 0 atom stereocenters. The van der Waals surface area contributed by atoms with Crippen LogP contribution >= 0.6 is 0 Å². The van der Waals surface area contributed by atoms with Crippen LogP contribution in [-0.4, -0.2) is 43.6 Å². The Morgan fingerprint density at radius 2 is 2.16 bits per heavy atom. The molecule has 0 spiro atoms. The van der Waals surface area contributed by atoms with E-state index in [4.69, 9.17) is 4.74 Å². The molecule has 1 fully saturated rings. The highest BCUT2D eigenvalue weighted by Crippen LogP contribution is 2.17. The average molecular weight is 270 g/mol. The van der Waals surface area contributed by atoms with Gasteiger partial charge in [-0.2, -0.15) is 0 Å². The second-order valence-corrected chi connectivity index (χ2v) is 4.35. The third kappa shape index (κ3) is 3.89. The van der Waals surface area contributed by atoms with E-state index in [1.165, 1.54) is 0 Å². The van der Waals surface area contributed by atoms with E-state index in [-0.39, 0.29) is 18.3 Å². The van der Waals surface area contributed by atoms with Crippen LogP contribution in [0.15, 0.2) is 18.2 Å². The first kappa shape index (κ1) is 13.7. The highest BCUT2D eigenvalue weighted by molar-refractivity contribution is 5.77. The lowest BCUT2D eigenvalue weighted by atomic mass is 10.3. The fraction of sp³-hybridized carbons (Fsp3) is 0.462. The van der Waals surface area contributed by atoms with E-state index in [1.54, 1.807) is 4.90 Å². The second kappa shape index (κ2) is 6.47. The molecule has 1 aliphatic rings. The number of carbonyl (C=O) groups is 1. The number of nitrogens with one attached hydrogen (secondary N) is 1. The van der Waals surface area contributed by atoms with Crippen molar-refractivity contribution in [1.29, 1.82) is 0 Å². The zero-order chi connectivity index (χ0) is 13.7. The molecule has 1 amide bonds. The van der Waals surface area contributed by atoms with Gasteiger partial charge >= 0.3 is 0 Å². The molecule has 2 rings (SSSR count). The van der Waals surface area contributed by atoms with E-state index in [0.717, 1.165) is 37.7 Å². The van der Waals surface area contributed by atoms with Crippen LogP contribution in [0.2, 0.25) is 0 Å². The monoisotopic (exact) mass is 270 g/mol. The van der Waals surface area contributed by atoms with Crippen molar-refractivity contribution in [2.75, 3.05) is 32.8 Å². The lowest BCUT2D eigenvalue weighted by Gasteiger charge is -2.20. The summed E-state index contributed by atoms with van der Waals surface area (Å²) in [6.07, 6.45) is 0.875. The maximum atomic E-state index is 13.3. The van der Waals surface area contributed by atoms with E-state index in [9.17, 15) is 13.6 Å². The summed E-state index contributed by atoms with van der Waals surface area (Å²) in [4.78, 5) is 13.5. The molecule has 6 heteroatoms. The lowest BCUT2D eigenvalue weighted by molar-refractivity contribution is -0.133. The summed E-state index contributed by atoms with van der Waals surface area (Å²) in [5.74, 6) is -1.72. The summed E-state index contributed by atoms with van der Waals surface area (Å²) >= 11 is 0. The van der Waals surface area contributed by atoms with Gasteiger partial charge in [-0.25, -0.2) is 8.78 Å².